The van der Waals surface area contributed by atoms with Gasteiger partial charge in [-0.05, 0) is 30.7 Å². The second-order valence-electron chi connectivity index (χ2n) is 3.99. The fourth-order valence-electron chi connectivity index (χ4n) is 1.53. The third kappa shape index (κ3) is 5.99. The zero-order valence-electron chi connectivity index (χ0n) is 12.0. The molecule has 0 heterocycles. The van der Waals surface area contributed by atoms with Crippen molar-refractivity contribution in [2.45, 2.75) is 13.3 Å². The molecule has 0 saturated heterocycles. The average molecular weight is 294 g/mol. The van der Waals surface area contributed by atoms with E-state index < -0.39 is 5.97 Å². The van der Waals surface area contributed by atoms with Crippen LogP contribution in [0.15, 0.2) is 24.3 Å². The van der Waals surface area contributed by atoms with Crippen molar-refractivity contribution in [1.29, 1.82) is 0 Å². The van der Waals surface area contributed by atoms with Gasteiger partial charge in [-0.1, -0.05) is 6.07 Å². The Labute approximate surface area is 122 Å². The van der Waals surface area contributed by atoms with Gasteiger partial charge < -0.3 is 19.3 Å². The lowest BCUT2D eigenvalue weighted by atomic mass is 10.2. The van der Waals surface area contributed by atoms with E-state index in [1.165, 1.54) is 13.2 Å². The zero-order valence-corrected chi connectivity index (χ0v) is 12.0. The molecule has 0 radical (unpaired) electrons. The minimum absolute atomic E-state index is 0.142. The predicted octanol–water partition coefficient (Wildman–Crippen LogP) is 2.12. The van der Waals surface area contributed by atoms with Gasteiger partial charge in [0.05, 0.1) is 26.7 Å². The minimum Gasteiger partial charge on any atom is -0.490 e. The van der Waals surface area contributed by atoms with Crippen LogP contribution >= 0.6 is 0 Å². The summed E-state index contributed by atoms with van der Waals surface area (Å²) in [5.41, 5.74) is 0.682. The van der Waals surface area contributed by atoms with Gasteiger partial charge in [0.1, 0.15) is 0 Å². The lowest BCUT2D eigenvalue weighted by Gasteiger charge is -2.12. The number of carboxylic acids is 1. The number of benzene rings is 1. The minimum atomic E-state index is -1.02. The van der Waals surface area contributed by atoms with Crippen molar-refractivity contribution in [3.8, 4) is 11.5 Å². The lowest BCUT2D eigenvalue weighted by molar-refractivity contribution is -0.141. The van der Waals surface area contributed by atoms with Crippen molar-refractivity contribution in [2.75, 3.05) is 20.3 Å². The molecule has 21 heavy (non-hydrogen) atoms. The van der Waals surface area contributed by atoms with E-state index in [0.29, 0.717) is 23.7 Å². The monoisotopic (exact) mass is 294 g/mol. The highest BCUT2D eigenvalue weighted by atomic mass is 16.5. The molecule has 0 saturated carbocycles. The predicted molar refractivity (Wildman–Crippen MR) is 76.4 cm³/mol. The number of carbonyl (C=O) groups excluding carboxylic acids is 1. The van der Waals surface area contributed by atoms with E-state index in [9.17, 15) is 9.59 Å². The fourth-order valence-corrected chi connectivity index (χ4v) is 1.53. The van der Waals surface area contributed by atoms with Crippen molar-refractivity contribution >= 4 is 18.0 Å². The van der Waals surface area contributed by atoms with Crippen LogP contribution in [-0.4, -0.2) is 37.4 Å². The summed E-state index contributed by atoms with van der Waals surface area (Å²) < 4.78 is 15.4. The van der Waals surface area contributed by atoms with Gasteiger partial charge in [0.2, 0.25) is 0 Å². The Morgan fingerprint density at radius 1 is 1.24 bits per heavy atom. The highest BCUT2D eigenvalue weighted by Gasteiger charge is 2.07. The molecule has 6 nitrogen and oxygen atoms in total. The van der Waals surface area contributed by atoms with Gasteiger partial charge in [-0.2, -0.15) is 0 Å². The SMILES string of the molecule is CCOc1cc(C=CC(=O)O)ccc1OCCC(=O)OC. The molecule has 1 N–H and O–H groups in total. The first kappa shape index (κ1) is 16.6. The van der Waals surface area contributed by atoms with Gasteiger partial charge in [0, 0.05) is 6.08 Å². The van der Waals surface area contributed by atoms with Crippen LogP contribution in [0, 0.1) is 0 Å². The molecule has 1 rings (SSSR count). The molecule has 0 aliphatic heterocycles. The van der Waals surface area contributed by atoms with Gasteiger partial charge in [0.25, 0.3) is 0 Å². The summed E-state index contributed by atoms with van der Waals surface area (Å²) in [6.45, 7) is 2.45. The number of carboxylic acid groups (broad SMARTS) is 1. The highest BCUT2D eigenvalue weighted by molar-refractivity contribution is 5.85. The van der Waals surface area contributed by atoms with Crippen molar-refractivity contribution in [2.24, 2.45) is 0 Å². The molecule has 1 aromatic rings. The number of hydrogen-bond donors (Lipinski definition) is 1. The van der Waals surface area contributed by atoms with E-state index in [0.717, 1.165) is 6.08 Å². The first-order chi connectivity index (χ1) is 10.1. The molecule has 1 aromatic carbocycles. The average Bonchev–Trinajstić information content (AvgIpc) is 2.47. The van der Waals surface area contributed by atoms with E-state index in [1.54, 1.807) is 18.2 Å². The van der Waals surface area contributed by atoms with Crippen molar-refractivity contribution < 1.29 is 28.9 Å². The topological polar surface area (TPSA) is 82.1 Å². The molecule has 0 aliphatic carbocycles. The Kier molecular flexibility index (Phi) is 6.80. The number of esters is 1. The molecular formula is C15H18O6. The molecule has 0 aromatic heterocycles. The summed E-state index contributed by atoms with van der Waals surface area (Å²) in [6, 6.07) is 5.05. The van der Waals surface area contributed by atoms with Crippen molar-refractivity contribution in [3.05, 3.63) is 29.8 Å². The number of rotatable bonds is 8. The Morgan fingerprint density at radius 2 is 2.00 bits per heavy atom. The van der Waals surface area contributed by atoms with Crippen LogP contribution in [0.25, 0.3) is 6.08 Å². The number of carbonyl (C=O) groups is 2. The first-order valence-corrected chi connectivity index (χ1v) is 6.44. The Hall–Kier alpha value is -2.50. The van der Waals surface area contributed by atoms with Crippen molar-refractivity contribution in [1.82, 2.24) is 0 Å². The summed E-state index contributed by atoms with van der Waals surface area (Å²) in [5, 5.41) is 8.61. The molecule has 0 atom stereocenters. The first-order valence-electron chi connectivity index (χ1n) is 6.44. The summed E-state index contributed by atoms with van der Waals surface area (Å²) in [7, 11) is 1.32. The van der Waals surface area contributed by atoms with Crippen molar-refractivity contribution in [3.63, 3.8) is 0 Å². The highest BCUT2D eigenvalue weighted by Crippen LogP contribution is 2.29. The molecule has 0 aliphatic rings. The van der Waals surface area contributed by atoms with Gasteiger partial charge >= 0.3 is 11.9 Å². The molecule has 114 valence electrons. The standard InChI is InChI=1S/C15H18O6/c1-3-20-13-10-11(5-7-14(16)17)4-6-12(13)21-9-8-15(18)19-2/h4-7,10H,3,8-9H2,1-2H3,(H,16,17). The Bertz CT molecular complexity index is 521. The third-order valence-corrected chi connectivity index (χ3v) is 2.48. The molecule has 0 bridgehead atoms. The third-order valence-electron chi connectivity index (χ3n) is 2.48. The lowest BCUT2D eigenvalue weighted by Crippen LogP contribution is -2.08. The second-order valence-corrected chi connectivity index (χ2v) is 3.99. The van der Waals surface area contributed by atoms with Crippen LogP contribution in [0.5, 0.6) is 11.5 Å². The normalized spacial score (nSPS) is 10.4. The van der Waals surface area contributed by atoms with Gasteiger partial charge in [-0.15, -0.1) is 0 Å². The van der Waals surface area contributed by atoms with E-state index >= 15 is 0 Å². The van der Waals surface area contributed by atoms with Crippen LogP contribution in [0.2, 0.25) is 0 Å². The number of methoxy groups -OCH3 is 1. The Morgan fingerprint density at radius 3 is 2.62 bits per heavy atom. The van der Waals surface area contributed by atoms with E-state index in [-0.39, 0.29) is 19.0 Å². The summed E-state index contributed by atoms with van der Waals surface area (Å²) in [6.07, 6.45) is 2.65. The molecular weight excluding hydrogens is 276 g/mol. The smallest absolute Gasteiger partial charge is 0.328 e. The molecule has 0 fully saturated rings. The van der Waals surface area contributed by atoms with Gasteiger partial charge in [-0.25, -0.2) is 4.79 Å². The number of hydrogen-bond acceptors (Lipinski definition) is 5. The molecule has 0 spiro atoms. The van der Waals surface area contributed by atoms with Crippen LogP contribution in [0.4, 0.5) is 0 Å². The summed E-state index contributed by atoms with van der Waals surface area (Å²) >= 11 is 0. The summed E-state index contributed by atoms with van der Waals surface area (Å²) in [5.74, 6) is -0.386. The molecule has 0 unspecified atom stereocenters. The maximum absolute atomic E-state index is 11.0. The molecule has 6 heteroatoms. The van der Waals surface area contributed by atoms with E-state index in [4.69, 9.17) is 14.6 Å². The summed E-state index contributed by atoms with van der Waals surface area (Å²) in [4.78, 5) is 21.5. The maximum atomic E-state index is 11.0. The van der Waals surface area contributed by atoms with Crippen LogP contribution in [0.1, 0.15) is 18.9 Å². The fraction of sp³-hybridized carbons (Fsp3) is 0.333. The maximum Gasteiger partial charge on any atom is 0.328 e. The van der Waals surface area contributed by atoms with Gasteiger partial charge in [0.15, 0.2) is 11.5 Å². The largest absolute Gasteiger partial charge is 0.490 e. The van der Waals surface area contributed by atoms with E-state index in [1.807, 2.05) is 6.92 Å². The van der Waals surface area contributed by atoms with Crippen LogP contribution in [-0.2, 0) is 14.3 Å². The zero-order chi connectivity index (χ0) is 15.7. The quantitative estimate of drug-likeness (QED) is 0.584. The van der Waals surface area contributed by atoms with E-state index in [2.05, 4.69) is 4.74 Å². The Balaban J connectivity index is 2.78. The van der Waals surface area contributed by atoms with Gasteiger partial charge in [-0.3, -0.25) is 4.79 Å². The number of ether oxygens (including phenoxy) is 3. The second kappa shape index (κ2) is 8.63. The van der Waals surface area contributed by atoms with Crippen LogP contribution in [0.3, 0.4) is 0 Å². The van der Waals surface area contributed by atoms with Crippen LogP contribution < -0.4 is 9.47 Å². The molecule has 0 amide bonds. The number of aliphatic carboxylic acids is 1.